The molecular weight excluding hydrogens is 447 g/mol. The van der Waals surface area contributed by atoms with E-state index in [0.29, 0.717) is 17.1 Å². The van der Waals surface area contributed by atoms with E-state index in [0.717, 1.165) is 5.69 Å². The number of fused-ring (bicyclic) bond motifs is 1. The Morgan fingerprint density at radius 3 is 2.61 bits per heavy atom. The molecule has 3 aromatic rings. The van der Waals surface area contributed by atoms with Gasteiger partial charge in [0.1, 0.15) is 29.3 Å². The number of hydrogen-bond donors (Lipinski definition) is 1. The van der Waals surface area contributed by atoms with E-state index < -0.39 is 25.9 Å². The fraction of sp³-hybridized carbons (Fsp3) is 0.409. The normalized spacial score (nSPS) is 15.2. The van der Waals surface area contributed by atoms with E-state index in [1.165, 1.54) is 13.4 Å². The molecule has 0 aliphatic rings. The second-order valence-electron chi connectivity index (χ2n) is 8.02. The van der Waals surface area contributed by atoms with Crippen molar-refractivity contribution in [1.29, 1.82) is 0 Å². The summed E-state index contributed by atoms with van der Waals surface area (Å²) < 4.78 is 36.4. The molecule has 0 radical (unpaired) electrons. The van der Waals surface area contributed by atoms with Crippen molar-refractivity contribution < 1.29 is 27.9 Å². The van der Waals surface area contributed by atoms with Crippen molar-refractivity contribution in [3.8, 4) is 5.75 Å². The van der Waals surface area contributed by atoms with Gasteiger partial charge in [0.25, 0.3) is 0 Å². The van der Waals surface area contributed by atoms with Crippen molar-refractivity contribution in [3.05, 3.63) is 54.5 Å². The average Bonchev–Trinajstić information content (AvgIpc) is 3.21. The third-order valence-corrected chi connectivity index (χ3v) is 6.04. The number of anilines is 1. The number of carbonyl (C=O) groups excluding carboxylic acids is 1. The predicted octanol–water partition coefficient (Wildman–Crippen LogP) is 3.31. The van der Waals surface area contributed by atoms with Crippen LogP contribution in [0.2, 0.25) is 0 Å². The summed E-state index contributed by atoms with van der Waals surface area (Å²) >= 11 is 0. The maximum atomic E-state index is 12.5. The number of nitrogen functional groups attached to an aromatic ring is 1. The highest BCUT2D eigenvalue weighted by Crippen LogP contribution is 2.32. The second kappa shape index (κ2) is 10.8. The molecule has 2 heterocycles. The molecule has 0 fully saturated rings. The zero-order chi connectivity index (χ0) is 24.0. The lowest BCUT2D eigenvalue weighted by molar-refractivity contribution is -0.175. The number of nitrogens with zero attached hydrogens (tertiary/aromatic N) is 3. The third kappa shape index (κ3) is 6.10. The zero-order valence-corrected chi connectivity index (χ0v) is 20.1. The van der Waals surface area contributed by atoms with Gasteiger partial charge in [-0.1, -0.05) is 32.0 Å². The molecule has 33 heavy (non-hydrogen) atoms. The number of ether oxygens (including phenoxy) is 2. The monoisotopic (exact) mass is 476 g/mol. The molecule has 0 aliphatic heterocycles. The molecule has 11 heteroatoms. The number of nitrogens with two attached hydrogens (primary N) is 1. The maximum Gasteiger partial charge on any atom is 0.367 e. The van der Waals surface area contributed by atoms with Crippen molar-refractivity contribution in [3.63, 3.8) is 0 Å². The molecule has 10 nitrogen and oxygen atoms in total. The van der Waals surface area contributed by atoms with Gasteiger partial charge in [-0.3, -0.25) is 9.32 Å². The minimum absolute atomic E-state index is 0.134. The summed E-state index contributed by atoms with van der Waals surface area (Å²) in [5.74, 6) is 0.0188. The van der Waals surface area contributed by atoms with Gasteiger partial charge in [-0.15, -0.1) is 0 Å². The number of benzene rings is 1. The Balaban J connectivity index is 1.81. The van der Waals surface area contributed by atoms with Crippen LogP contribution in [0.25, 0.3) is 5.52 Å². The molecule has 3 rings (SSSR count). The third-order valence-electron chi connectivity index (χ3n) is 5.25. The molecule has 2 aromatic heterocycles. The lowest BCUT2D eigenvalue weighted by atomic mass is 9.95. The van der Waals surface area contributed by atoms with Crippen molar-refractivity contribution in [2.24, 2.45) is 5.92 Å². The highest BCUT2D eigenvalue weighted by molar-refractivity contribution is 7.33. The molecule has 1 unspecified atom stereocenters. The molecule has 0 saturated carbocycles. The number of esters is 1. The zero-order valence-electron chi connectivity index (χ0n) is 19.1. The van der Waals surface area contributed by atoms with Crippen LogP contribution < -0.4 is 10.3 Å². The largest absolute Gasteiger partial charge is 0.459 e. The Labute approximate surface area is 192 Å². The van der Waals surface area contributed by atoms with Crippen LogP contribution in [0.4, 0.5) is 5.82 Å². The molecule has 0 saturated heterocycles. The number of carbonyl (C=O) groups is 1. The number of methoxy groups -OCH3 is 1. The van der Waals surface area contributed by atoms with Gasteiger partial charge in [-0.2, -0.15) is 5.10 Å². The summed E-state index contributed by atoms with van der Waals surface area (Å²) in [6.07, 6.45) is 0.822. The Morgan fingerprint density at radius 2 is 1.94 bits per heavy atom. The standard InChI is InChI=1S/C22H29N4O6P/c1-15(2)21(27)31-19(12-16-10-11-18-20(23)24-14-25-26(16)18)22(3,29-4)13-30-33(28)32-17-8-6-5-7-9-17/h5-11,14-15,19,33H,12-13H2,1-4H3,(H2,23,24,25)/t19-,22+/m0/s1. The molecule has 178 valence electrons. The van der Waals surface area contributed by atoms with E-state index >= 15 is 0 Å². The smallest absolute Gasteiger partial charge is 0.367 e. The van der Waals surface area contributed by atoms with Gasteiger partial charge in [0.2, 0.25) is 0 Å². The second-order valence-corrected chi connectivity index (χ2v) is 9.01. The van der Waals surface area contributed by atoms with Crippen molar-refractivity contribution in [2.45, 2.75) is 38.9 Å². The average molecular weight is 476 g/mol. The van der Waals surface area contributed by atoms with Crippen LogP contribution >= 0.6 is 8.25 Å². The summed E-state index contributed by atoms with van der Waals surface area (Å²) in [6, 6.07) is 12.3. The van der Waals surface area contributed by atoms with Crippen LogP contribution in [0.15, 0.2) is 48.8 Å². The first kappa shape index (κ1) is 24.7. The number of rotatable bonds is 11. The Bertz CT molecular complexity index is 1110. The Kier molecular flexibility index (Phi) is 8.07. The number of aromatic nitrogens is 3. The van der Waals surface area contributed by atoms with E-state index in [2.05, 4.69) is 10.1 Å². The molecule has 1 aromatic carbocycles. The van der Waals surface area contributed by atoms with Crippen LogP contribution in [0.3, 0.4) is 0 Å². The fourth-order valence-electron chi connectivity index (χ4n) is 3.11. The summed E-state index contributed by atoms with van der Waals surface area (Å²) in [4.78, 5) is 16.5. The topological polar surface area (TPSA) is 127 Å². The number of para-hydroxylation sites is 1. The van der Waals surface area contributed by atoms with Gasteiger partial charge in [-0.05, 0) is 31.2 Å². The fourth-order valence-corrected chi connectivity index (χ4v) is 3.90. The van der Waals surface area contributed by atoms with Crippen molar-refractivity contribution in [2.75, 3.05) is 19.5 Å². The Morgan fingerprint density at radius 1 is 1.21 bits per heavy atom. The molecular formula is C22H29N4O6P. The van der Waals surface area contributed by atoms with Crippen LogP contribution in [0.1, 0.15) is 26.5 Å². The summed E-state index contributed by atoms with van der Waals surface area (Å²) in [5.41, 5.74) is 6.17. The predicted molar refractivity (Wildman–Crippen MR) is 123 cm³/mol. The van der Waals surface area contributed by atoms with Crippen molar-refractivity contribution >= 4 is 25.6 Å². The molecule has 0 spiro atoms. The summed E-state index contributed by atoms with van der Waals surface area (Å²) in [5, 5.41) is 4.25. The summed E-state index contributed by atoms with van der Waals surface area (Å²) in [7, 11) is -1.40. The van der Waals surface area contributed by atoms with Gasteiger partial charge in [0.05, 0.1) is 12.5 Å². The highest BCUT2D eigenvalue weighted by Gasteiger charge is 2.39. The minimum Gasteiger partial charge on any atom is -0.459 e. The SMILES string of the molecule is CO[C@](C)(CO[PH](=O)Oc1ccccc1)[C@H](Cc1ccc2c(N)ncnn12)OC(=O)C(C)C. The molecule has 0 amide bonds. The van der Waals surface area contributed by atoms with Crippen molar-refractivity contribution in [1.82, 2.24) is 14.6 Å². The quantitative estimate of drug-likeness (QED) is 0.327. The van der Waals surface area contributed by atoms with Gasteiger partial charge in [0.15, 0.2) is 5.82 Å². The van der Waals surface area contributed by atoms with Crippen LogP contribution in [-0.2, 0) is 29.8 Å². The number of hydrogen-bond acceptors (Lipinski definition) is 9. The minimum atomic E-state index is -2.88. The highest BCUT2D eigenvalue weighted by atomic mass is 31.1. The van der Waals surface area contributed by atoms with E-state index in [-0.39, 0.29) is 18.9 Å². The van der Waals surface area contributed by atoms with Crippen LogP contribution in [-0.4, -0.2) is 46.0 Å². The van der Waals surface area contributed by atoms with Gasteiger partial charge in [-0.25, -0.2) is 14.1 Å². The molecule has 0 bridgehead atoms. The first-order chi connectivity index (χ1) is 15.7. The lowest BCUT2D eigenvalue weighted by Gasteiger charge is -2.35. The first-order valence-corrected chi connectivity index (χ1v) is 11.7. The van der Waals surface area contributed by atoms with E-state index in [1.54, 1.807) is 55.6 Å². The molecule has 3 atom stereocenters. The van der Waals surface area contributed by atoms with E-state index in [9.17, 15) is 9.36 Å². The molecule has 2 N–H and O–H groups in total. The molecule has 0 aliphatic carbocycles. The maximum absolute atomic E-state index is 12.5. The van der Waals surface area contributed by atoms with Gasteiger partial charge < -0.3 is 19.7 Å². The van der Waals surface area contributed by atoms with E-state index in [1.807, 2.05) is 12.1 Å². The van der Waals surface area contributed by atoms with Gasteiger partial charge >= 0.3 is 14.2 Å². The van der Waals surface area contributed by atoms with Crippen LogP contribution in [0.5, 0.6) is 5.75 Å². The van der Waals surface area contributed by atoms with Crippen LogP contribution in [0, 0.1) is 5.92 Å². The Hall–Kier alpha value is -2.94. The first-order valence-electron chi connectivity index (χ1n) is 10.5. The van der Waals surface area contributed by atoms with Gasteiger partial charge in [0, 0.05) is 19.2 Å². The van der Waals surface area contributed by atoms with E-state index in [4.69, 9.17) is 24.3 Å². The summed E-state index contributed by atoms with van der Waals surface area (Å²) in [6.45, 7) is 5.08. The lowest BCUT2D eigenvalue weighted by Crippen LogP contribution is -2.49.